The van der Waals surface area contributed by atoms with Crippen LogP contribution in [0.15, 0.2) is 5.10 Å². The second-order valence-corrected chi connectivity index (χ2v) is 2.19. The number of rotatable bonds is 0. The van der Waals surface area contributed by atoms with Gasteiger partial charge in [-0.15, -0.1) is 0 Å². The van der Waals surface area contributed by atoms with E-state index < -0.39 is 0 Å². The van der Waals surface area contributed by atoms with E-state index in [4.69, 9.17) is 0 Å². The molecule has 0 spiro atoms. The van der Waals surface area contributed by atoms with Crippen molar-refractivity contribution in [2.24, 2.45) is 5.10 Å². The molecule has 0 fully saturated rings. The van der Waals surface area contributed by atoms with Crippen molar-refractivity contribution in [3.05, 3.63) is 0 Å². The number of hydrazone groups is 1. The maximum Gasteiger partial charge on any atom is 0.0968 e. The molecule has 2 nitrogen and oxygen atoms in total. The molecule has 1 atom stereocenters. The second-order valence-electron chi connectivity index (χ2n) is 2.19. The predicted octanol–water partition coefficient (Wildman–Crippen LogP) is 0.700. The molecule has 0 N–H and O–H groups in total. The van der Waals surface area contributed by atoms with Crippen LogP contribution >= 0.6 is 0 Å². The first-order valence-corrected chi connectivity index (χ1v) is 3.04. The predicted molar refractivity (Wildman–Crippen MR) is 38.1 cm³/mol. The van der Waals surface area contributed by atoms with Gasteiger partial charge in [0, 0.05) is 13.5 Å². The summed E-state index contributed by atoms with van der Waals surface area (Å²) < 4.78 is 0. The quantitative estimate of drug-likeness (QED) is 0.432. The van der Waals surface area contributed by atoms with Crippen LogP contribution in [0.5, 0.6) is 0 Å². The first-order chi connectivity index (χ1) is 4.30. The van der Waals surface area contributed by atoms with Gasteiger partial charge in [-0.2, -0.15) is 5.10 Å². The van der Waals surface area contributed by atoms with Crippen LogP contribution in [-0.2, 0) is 0 Å². The molecular weight excluding hydrogens is 112 g/mol. The molecule has 0 radical (unpaired) electrons. The zero-order chi connectivity index (χ0) is 6.69. The third-order valence-corrected chi connectivity index (χ3v) is 1.44. The molecule has 0 aliphatic carbocycles. The van der Waals surface area contributed by atoms with Crippen LogP contribution in [0.2, 0.25) is 0 Å². The normalized spacial score (nSPS) is 24.7. The number of nitrogens with zero attached hydrogens (tertiary/aromatic N) is 2. The lowest BCUT2D eigenvalue weighted by molar-refractivity contribution is 0.277. The van der Waals surface area contributed by atoms with Gasteiger partial charge in [-0.3, -0.25) is 5.01 Å². The van der Waals surface area contributed by atoms with Gasteiger partial charge in [0.1, 0.15) is 0 Å². The summed E-state index contributed by atoms with van der Waals surface area (Å²) in [5.41, 5.74) is 0. The SMILES string of the molecule is CC1CC#CC=NN1C. The summed E-state index contributed by atoms with van der Waals surface area (Å²) in [4.78, 5) is 0. The molecule has 0 aromatic carbocycles. The van der Waals surface area contributed by atoms with Crippen molar-refractivity contribution in [3.8, 4) is 11.8 Å². The third kappa shape index (κ3) is 1.46. The van der Waals surface area contributed by atoms with Crippen LogP contribution in [0.4, 0.5) is 0 Å². The number of hydrogen-bond acceptors (Lipinski definition) is 2. The van der Waals surface area contributed by atoms with Gasteiger partial charge in [-0.25, -0.2) is 0 Å². The zero-order valence-electron chi connectivity index (χ0n) is 5.76. The highest BCUT2D eigenvalue weighted by Gasteiger charge is 2.04. The van der Waals surface area contributed by atoms with E-state index in [1.165, 1.54) is 0 Å². The molecule has 2 heteroatoms. The Morgan fingerprint density at radius 2 is 2.56 bits per heavy atom. The van der Waals surface area contributed by atoms with Crippen molar-refractivity contribution in [2.45, 2.75) is 19.4 Å². The molecule has 0 aromatic rings. The Morgan fingerprint density at radius 1 is 1.78 bits per heavy atom. The molecule has 48 valence electrons. The van der Waals surface area contributed by atoms with Crippen molar-refractivity contribution < 1.29 is 0 Å². The molecule has 1 aliphatic rings. The fourth-order valence-electron chi connectivity index (χ4n) is 0.618. The van der Waals surface area contributed by atoms with Crippen molar-refractivity contribution >= 4 is 6.21 Å². The monoisotopic (exact) mass is 122 g/mol. The molecule has 1 aliphatic heterocycles. The lowest BCUT2D eigenvalue weighted by Crippen LogP contribution is -2.22. The van der Waals surface area contributed by atoms with Crippen molar-refractivity contribution in [1.29, 1.82) is 0 Å². The van der Waals surface area contributed by atoms with Gasteiger partial charge in [0.25, 0.3) is 0 Å². The van der Waals surface area contributed by atoms with Gasteiger partial charge in [0.15, 0.2) is 0 Å². The molecule has 0 bridgehead atoms. The van der Waals surface area contributed by atoms with E-state index in [9.17, 15) is 0 Å². The third-order valence-electron chi connectivity index (χ3n) is 1.44. The molecule has 1 heterocycles. The van der Waals surface area contributed by atoms with E-state index in [-0.39, 0.29) is 0 Å². The summed E-state index contributed by atoms with van der Waals surface area (Å²) >= 11 is 0. The number of hydrogen-bond donors (Lipinski definition) is 0. The summed E-state index contributed by atoms with van der Waals surface area (Å²) in [6, 6.07) is 0.455. The highest BCUT2D eigenvalue weighted by molar-refractivity contribution is 5.78. The summed E-state index contributed by atoms with van der Waals surface area (Å²) in [6.07, 6.45) is 2.56. The Kier molecular flexibility index (Phi) is 1.74. The molecule has 9 heavy (non-hydrogen) atoms. The standard InChI is InChI=1S/C7H10N2/c1-7-5-3-4-6-8-9(7)2/h6-7H,5H2,1-2H3. The van der Waals surface area contributed by atoms with E-state index in [0.29, 0.717) is 6.04 Å². The van der Waals surface area contributed by atoms with Crippen molar-refractivity contribution in [2.75, 3.05) is 7.05 Å². The van der Waals surface area contributed by atoms with Gasteiger partial charge in [0.2, 0.25) is 0 Å². The minimum atomic E-state index is 0.455. The van der Waals surface area contributed by atoms with Gasteiger partial charge >= 0.3 is 0 Å². The Labute approximate surface area is 55.5 Å². The fraction of sp³-hybridized carbons (Fsp3) is 0.571. The topological polar surface area (TPSA) is 15.6 Å². The molecule has 1 rings (SSSR count). The van der Waals surface area contributed by atoms with Crippen LogP contribution in [0.25, 0.3) is 0 Å². The summed E-state index contributed by atoms with van der Waals surface area (Å²) in [6.45, 7) is 2.11. The van der Waals surface area contributed by atoms with Crippen LogP contribution in [-0.4, -0.2) is 24.3 Å². The van der Waals surface area contributed by atoms with E-state index in [2.05, 4.69) is 23.9 Å². The summed E-state index contributed by atoms with van der Waals surface area (Å²) in [7, 11) is 1.95. The largest absolute Gasteiger partial charge is 0.296 e. The Morgan fingerprint density at radius 3 is 3.33 bits per heavy atom. The smallest absolute Gasteiger partial charge is 0.0968 e. The Balaban J connectivity index is 2.64. The van der Waals surface area contributed by atoms with E-state index in [1.54, 1.807) is 6.21 Å². The summed E-state index contributed by atoms with van der Waals surface area (Å²) in [5, 5.41) is 5.95. The first kappa shape index (κ1) is 6.15. The highest BCUT2D eigenvalue weighted by Crippen LogP contribution is 2.00. The second kappa shape index (κ2) is 2.54. The van der Waals surface area contributed by atoms with Gasteiger partial charge in [0.05, 0.1) is 12.3 Å². The molecule has 0 saturated carbocycles. The fourth-order valence-corrected chi connectivity index (χ4v) is 0.618. The zero-order valence-corrected chi connectivity index (χ0v) is 5.76. The molecular formula is C7H10N2. The average molecular weight is 122 g/mol. The van der Waals surface area contributed by atoms with Crippen LogP contribution in [0, 0.1) is 11.8 Å². The lowest BCUT2D eigenvalue weighted by Gasteiger charge is -2.17. The van der Waals surface area contributed by atoms with Crippen molar-refractivity contribution in [1.82, 2.24) is 5.01 Å². The van der Waals surface area contributed by atoms with Crippen LogP contribution < -0.4 is 0 Å². The molecule has 0 saturated heterocycles. The Bertz CT molecular complexity index is 173. The summed E-state index contributed by atoms with van der Waals surface area (Å²) in [5.74, 6) is 5.81. The van der Waals surface area contributed by atoms with Gasteiger partial charge in [-0.1, -0.05) is 11.8 Å². The van der Waals surface area contributed by atoms with Crippen molar-refractivity contribution in [3.63, 3.8) is 0 Å². The average Bonchev–Trinajstić information content (AvgIpc) is 1.99. The minimum absolute atomic E-state index is 0.455. The van der Waals surface area contributed by atoms with Gasteiger partial charge in [-0.05, 0) is 6.92 Å². The van der Waals surface area contributed by atoms with Crippen LogP contribution in [0.3, 0.4) is 0 Å². The molecule has 0 amide bonds. The first-order valence-electron chi connectivity index (χ1n) is 3.04. The van der Waals surface area contributed by atoms with E-state index in [1.807, 2.05) is 12.1 Å². The van der Waals surface area contributed by atoms with E-state index >= 15 is 0 Å². The highest BCUT2D eigenvalue weighted by atomic mass is 15.4. The molecule has 0 aromatic heterocycles. The minimum Gasteiger partial charge on any atom is -0.296 e. The Hall–Kier alpha value is -0.970. The van der Waals surface area contributed by atoms with Gasteiger partial charge < -0.3 is 0 Å². The lowest BCUT2D eigenvalue weighted by atomic mass is 10.2. The maximum atomic E-state index is 4.04. The van der Waals surface area contributed by atoms with E-state index in [0.717, 1.165) is 6.42 Å². The molecule has 1 unspecified atom stereocenters. The maximum absolute atomic E-state index is 4.04. The van der Waals surface area contributed by atoms with Crippen LogP contribution in [0.1, 0.15) is 13.3 Å².